The summed E-state index contributed by atoms with van der Waals surface area (Å²) >= 11 is 0. The summed E-state index contributed by atoms with van der Waals surface area (Å²) in [6.07, 6.45) is 3.50. The van der Waals surface area contributed by atoms with E-state index in [0.29, 0.717) is 0 Å². The second kappa shape index (κ2) is 6.70. The molecule has 0 atom stereocenters. The number of hydrazone groups is 1. The van der Waals surface area contributed by atoms with Crippen molar-refractivity contribution in [1.29, 1.82) is 0 Å². The molecule has 0 aliphatic heterocycles. The Bertz CT molecular complexity index is 823. The Labute approximate surface area is 134 Å². The molecule has 1 aromatic heterocycles. The van der Waals surface area contributed by atoms with E-state index >= 15 is 0 Å². The molecule has 0 bridgehead atoms. The molecule has 114 valence electrons. The maximum Gasteiger partial charge on any atom is 0.236 e. The van der Waals surface area contributed by atoms with Crippen LogP contribution >= 0.6 is 0 Å². The van der Waals surface area contributed by atoms with E-state index in [1.165, 1.54) is 6.92 Å². The first-order valence-corrected chi connectivity index (χ1v) is 7.24. The highest BCUT2D eigenvalue weighted by molar-refractivity contribution is 5.89. The lowest BCUT2D eigenvalue weighted by molar-refractivity contribution is -0.118. The van der Waals surface area contributed by atoms with E-state index in [2.05, 4.69) is 15.6 Å². The summed E-state index contributed by atoms with van der Waals surface area (Å²) in [6.45, 7) is 1.42. The third kappa shape index (κ3) is 3.52. The van der Waals surface area contributed by atoms with Gasteiger partial charge in [0.1, 0.15) is 5.69 Å². The van der Waals surface area contributed by atoms with E-state index in [0.717, 1.165) is 22.5 Å². The Morgan fingerprint density at radius 3 is 2.39 bits per heavy atom. The lowest BCUT2D eigenvalue weighted by Crippen LogP contribution is -2.12. The third-order valence-electron chi connectivity index (χ3n) is 3.24. The summed E-state index contributed by atoms with van der Waals surface area (Å²) < 4.78 is 1.80. The van der Waals surface area contributed by atoms with Crippen LogP contribution in [-0.2, 0) is 4.79 Å². The topological polar surface area (TPSA) is 59.3 Å². The SMILES string of the molecule is CC(=O)N/N=C\c1cn(-c2ccccc2)nc1-c1ccccc1. The molecule has 0 spiro atoms. The number of para-hydroxylation sites is 1. The minimum absolute atomic E-state index is 0.210. The Morgan fingerprint density at radius 1 is 1.09 bits per heavy atom. The predicted molar refractivity (Wildman–Crippen MR) is 90.4 cm³/mol. The molecule has 5 heteroatoms. The fraction of sp³-hybridized carbons (Fsp3) is 0.0556. The van der Waals surface area contributed by atoms with Gasteiger partial charge in [-0.15, -0.1) is 0 Å². The van der Waals surface area contributed by atoms with Crippen molar-refractivity contribution in [2.45, 2.75) is 6.92 Å². The van der Waals surface area contributed by atoms with Crippen LogP contribution in [0.3, 0.4) is 0 Å². The molecule has 0 aliphatic rings. The number of amides is 1. The van der Waals surface area contributed by atoms with Crippen molar-refractivity contribution in [3.8, 4) is 16.9 Å². The first-order valence-electron chi connectivity index (χ1n) is 7.24. The number of nitrogens with one attached hydrogen (secondary N) is 1. The smallest absolute Gasteiger partial charge is 0.236 e. The molecule has 0 aliphatic carbocycles. The van der Waals surface area contributed by atoms with Crippen molar-refractivity contribution >= 4 is 12.1 Å². The number of aromatic nitrogens is 2. The molecule has 1 N–H and O–H groups in total. The quantitative estimate of drug-likeness (QED) is 0.595. The number of hydrogen-bond donors (Lipinski definition) is 1. The fourth-order valence-corrected chi connectivity index (χ4v) is 2.21. The van der Waals surface area contributed by atoms with Crippen LogP contribution in [0.15, 0.2) is 72.0 Å². The molecule has 0 saturated heterocycles. The van der Waals surface area contributed by atoms with Crippen molar-refractivity contribution in [1.82, 2.24) is 15.2 Å². The van der Waals surface area contributed by atoms with Crippen molar-refractivity contribution in [2.24, 2.45) is 5.10 Å². The van der Waals surface area contributed by atoms with Gasteiger partial charge in [-0.2, -0.15) is 10.2 Å². The summed E-state index contributed by atoms with van der Waals surface area (Å²) in [5.41, 5.74) is 6.01. The fourth-order valence-electron chi connectivity index (χ4n) is 2.21. The first kappa shape index (κ1) is 14.7. The van der Waals surface area contributed by atoms with Gasteiger partial charge in [-0.1, -0.05) is 48.5 Å². The van der Waals surface area contributed by atoms with E-state index in [1.54, 1.807) is 10.9 Å². The predicted octanol–water partition coefficient (Wildman–Crippen LogP) is 3.01. The highest BCUT2D eigenvalue weighted by atomic mass is 16.2. The Kier molecular flexibility index (Phi) is 4.29. The highest BCUT2D eigenvalue weighted by Gasteiger charge is 2.10. The molecular weight excluding hydrogens is 288 g/mol. The van der Waals surface area contributed by atoms with Gasteiger partial charge < -0.3 is 0 Å². The van der Waals surface area contributed by atoms with Gasteiger partial charge in [0, 0.05) is 24.2 Å². The number of nitrogens with zero attached hydrogens (tertiary/aromatic N) is 3. The van der Waals surface area contributed by atoms with E-state index in [1.807, 2.05) is 66.9 Å². The Morgan fingerprint density at radius 2 is 1.74 bits per heavy atom. The van der Waals surface area contributed by atoms with Gasteiger partial charge in [0.15, 0.2) is 0 Å². The van der Waals surface area contributed by atoms with Crippen LogP contribution in [0.25, 0.3) is 16.9 Å². The number of benzene rings is 2. The van der Waals surface area contributed by atoms with Crippen molar-refractivity contribution < 1.29 is 4.79 Å². The zero-order valence-corrected chi connectivity index (χ0v) is 12.7. The lowest BCUT2D eigenvalue weighted by atomic mass is 10.1. The third-order valence-corrected chi connectivity index (χ3v) is 3.24. The summed E-state index contributed by atoms with van der Waals surface area (Å²) in [5.74, 6) is -0.210. The summed E-state index contributed by atoms with van der Waals surface area (Å²) in [4.78, 5) is 11.0. The molecule has 0 unspecified atom stereocenters. The van der Waals surface area contributed by atoms with Crippen molar-refractivity contribution in [3.63, 3.8) is 0 Å². The zero-order chi connectivity index (χ0) is 16.1. The average molecular weight is 304 g/mol. The number of hydrogen-bond acceptors (Lipinski definition) is 3. The van der Waals surface area contributed by atoms with Gasteiger partial charge >= 0.3 is 0 Å². The minimum Gasteiger partial charge on any atom is -0.274 e. The van der Waals surface area contributed by atoms with Crippen LogP contribution in [0.5, 0.6) is 0 Å². The van der Waals surface area contributed by atoms with E-state index < -0.39 is 0 Å². The summed E-state index contributed by atoms with van der Waals surface area (Å²) in [5, 5.41) is 8.62. The molecule has 0 saturated carbocycles. The lowest BCUT2D eigenvalue weighted by Gasteiger charge is -2.00. The van der Waals surface area contributed by atoms with Gasteiger partial charge in [0.2, 0.25) is 5.91 Å². The van der Waals surface area contributed by atoms with Crippen LogP contribution in [0, 0.1) is 0 Å². The van der Waals surface area contributed by atoms with E-state index in [9.17, 15) is 4.79 Å². The number of rotatable bonds is 4. The van der Waals surface area contributed by atoms with Crippen LogP contribution < -0.4 is 5.43 Å². The molecule has 3 aromatic rings. The van der Waals surface area contributed by atoms with E-state index in [-0.39, 0.29) is 5.91 Å². The molecule has 23 heavy (non-hydrogen) atoms. The molecule has 0 fully saturated rings. The van der Waals surface area contributed by atoms with Gasteiger partial charge in [0.05, 0.1) is 11.9 Å². The molecule has 2 aromatic carbocycles. The second-order valence-corrected chi connectivity index (χ2v) is 5.01. The molecular formula is C18H16N4O. The van der Waals surface area contributed by atoms with Gasteiger partial charge in [-0.05, 0) is 12.1 Å². The highest BCUT2D eigenvalue weighted by Crippen LogP contribution is 2.22. The monoisotopic (exact) mass is 304 g/mol. The zero-order valence-electron chi connectivity index (χ0n) is 12.7. The molecule has 1 amide bonds. The molecule has 5 nitrogen and oxygen atoms in total. The summed E-state index contributed by atoms with van der Waals surface area (Å²) in [7, 11) is 0. The maximum atomic E-state index is 11.0. The first-order chi connectivity index (χ1) is 11.2. The summed E-state index contributed by atoms with van der Waals surface area (Å²) in [6, 6.07) is 19.7. The van der Waals surface area contributed by atoms with Gasteiger partial charge in [0.25, 0.3) is 0 Å². The van der Waals surface area contributed by atoms with Crippen molar-refractivity contribution in [3.05, 3.63) is 72.4 Å². The second-order valence-electron chi connectivity index (χ2n) is 5.01. The Hall–Kier alpha value is -3.21. The molecule has 0 radical (unpaired) electrons. The maximum absolute atomic E-state index is 11.0. The van der Waals surface area contributed by atoms with Gasteiger partial charge in [-0.3, -0.25) is 4.79 Å². The van der Waals surface area contributed by atoms with E-state index in [4.69, 9.17) is 0 Å². The number of carbonyl (C=O) groups excluding carboxylic acids is 1. The standard InChI is InChI=1S/C18H16N4O/c1-14(23)20-19-12-16-13-22(17-10-6-3-7-11-17)21-18(16)15-8-4-2-5-9-15/h2-13H,1H3,(H,20,23)/b19-12-. The van der Waals surface area contributed by atoms with Crippen LogP contribution in [0.4, 0.5) is 0 Å². The largest absolute Gasteiger partial charge is 0.274 e. The Balaban J connectivity index is 2.03. The average Bonchev–Trinajstić information content (AvgIpc) is 3.00. The molecule has 1 heterocycles. The van der Waals surface area contributed by atoms with Crippen LogP contribution in [-0.4, -0.2) is 21.9 Å². The normalized spacial score (nSPS) is 10.8. The van der Waals surface area contributed by atoms with Gasteiger partial charge in [-0.25, -0.2) is 10.1 Å². The molecule has 3 rings (SSSR count). The minimum atomic E-state index is -0.210. The van der Waals surface area contributed by atoms with Crippen LogP contribution in [0.1, 0.15) is 12.5 Å². The van der Waals surface area contributed by atoms with Crippen molar-refractivity contribution in [2.75, 3.05) is 0 Å². The van der Waals surface area contributed by atoms with Crippen LogP contribution in [0.2, 0.25) is 0 Å². The number of carbonyl (C=O) groups is 1.